The molecule has 0 saturated carbocycles. The standard InChI is InChI=1S/C12H16N2O6/c1-7(2)10(11(17)18)13-12(19)20-6-5-14-8(15)3-4-9(14)16/h3-4,7,10H,5-6H2,1-2H3,(H,13,19)(H,17,18). The molecule has 0 aromatic heterocycles. The van der Waals surface area contributed by atoms with Crippen LogP contribution in [0.4, 0.5) is 4.79 Å². The third-order valence-corrected chi connectivity index (χ3v) is 2.65. The summed E-state index contributed by atoms with van der Waals surface area (Å²) < 4.78 is 4.74. The molecule has 20 heavy (non-hydrogen) atoms. The Morgan fingerprint density at radius 2 is 1.85 bits per heavy atom. The highest BCUT2D eigenvalue weighted by Crippen LogP contribution is 2.04. The van der Waals surface area contributed by atoms with Crippen LogP contribution in [0.3, 0.4) is 0 Å². The number of hydrogen-bond donors (Lipinski definition) is 2. The predicted molar refractivity (Wildman–Crippen MR) is 66.6 cm³/mol. The first-order valence-corrected chi connectivity index (χ1v) is 6.02. The van der Waals surface area contributed by atoms with Gasteiger partial charge in [-0.05, 0) is 5.92 Å². The van der Waals surface area contributed by atoms with E-state index in [0.29, 0.717) is 0 Å². The van der Waals surface area contributed by atoms with Crippen LogP contribution in [-0.2, 0) is 19.1 Å². The quantitative estimate of drug-likeness (QED) is 0.650. The van der Waals surface area contributed by atoms with Gasteiger partial charge in [0.05, 0.1) is 6.54 Å². The molecule has 3 amide bonds. The monoisotopic (exact) mass is 284 g/mol. The van der Waals surface area contributed by atoms with Crippen LogP contribution in [0.5, 0.6) is 0 Å². The molecule has 2 N–H and O–H groups in total. The maximum Gasteiger partial charge on any atom is 0.407 e. The highest BCUT2D eigenvalue weighted by Gasteiger charge is 2.25. The van der Waals surface area contributed by atoms with Crippen LogP contribution in [0.1, 0.15) is 13.8 Å². The number of carbonyl (C=O) groups excluding carboxylic acids is 3. The minimum Gasteiger partial charge on any atom is -0.480 e. The van der Waals surface area contributed by atoms with Crippen LogP contribution < -0.4 is 5.32 Å². The van der Waals surface area contributed by atoms with Gasteiger partial charge in [-0.1, -0.05) is 13.8 Å². The lowest BCUT2D eigenvalue weighted by Crippen LogP contribution is -2.45. The van der Waals surface area contributed by atoms with Crippen LogP contribution in [-0.4, -0.2) is 53.1 Å². The van der Waals surface area contributed by atoms with Gasteiger partial charge < -0.3 is 15.2 Å². The van der Waals surface area contributed by atoms with Crippen molar-refractivity contribution in [2.24, 2.45) is 5.92 Å². The molecule has 1 aliphatic rings. The van der Waals surface area contributed by atoms with Crippen molar-refractivity contribution >= 4 is 23.9 Å². The number of alkyl carbamates (subject to hydrolysis) is 1. The molecular formula is C12H16N2O6. The van der Waals surface area contributed by atoms with Gasteiger partial charge in [0.1, 0.15) is 12.6 Å². The van der Waals surface area contributed by atoms with Crippen molar-refractivity contribution in [2.75, 3.05) is 13.2 Å². The number of hydrogen-bond acceptors (Lipinski definition) is 5. The molecule has 1 aliphatic heterocycles. The zero-order valence-electron chi connectivity index (χ0n) is 11.2. The Morgan fingerprint density at radius 3 is 2.30 bits per heavy atom. The first kappa shape index (κ1) is 15.7. The number of nitrogens with zero attached hydrogens (tertiary/aromatic N) is 1. The van der Waals surface area contributed by atoms with E-state index in [1.54, 1.807) is 13.8 Å². The van der Waals surface area contributed by atoms with Crippen molar-refractivity contribution in [2.45, 2.75) is 19.9 Å². The van der Waals surface area contributed by atoms with Crippen molar-refractivity contribution in [1.82, 2.24) is 10.2 Å². The van der Waals surface area contributed by atoms with E-state index in [2.05, 4.69) is 5.32 Å². The number of imide groups is 1. The highest BCUT2D eigenvalue weighted by molar-refractivity contribution is 6.12. The third kappa shape index (κ3) is 4.08. The Bertz CT molecular complexity index is 439. The second kappa shape index (κ2) is 6.69. The largest absolute Gasteiger partial charge is 0.480 e. The molecule has 1 atom stereocenters. The molecule has 0 spiro atoms. The van der Waals surface area contributed by atoms with Gasteiger partial charge in [0.25, 0.3) is 11.8 Å². The van der Waals surface area contributed by atoms with E-state index in [1.807, 2.05) is 0 Å². The Balaban J connectivity index is 2.35. The molecule has 0 aromatic rings. The van der Waals surface area contributed by atoms with Gasteiger partial charge in [-0.25, -0.2) is 9.59 Å². The van der Waals surface area contributed by atoms with Crippen molar-refractivity contribution in [3.63, 3.8) is 0 Å². The normalized spacial score (nSPS) is 15.7. The lowest BCUT2D eigenvalue weighted by molar-refractivity contribution is -0.140. The summed E-state index contributed by atoms with van der Waals surface area (Å²) in [5.41, 5.74) is 0. The SMILES string of the molecule is CC(C)C(NC(=O)OCCN1C(=O)C=CC1=O)C(=O)O. The van der Waals surface area contributed by atoms with E-state index in [-0.39, 0.29) is 19.1 Å². The number of amides is 3. The Hall–Kier alpha value is -2.38. The fourth-order valence-electron chi connectivity index (χ4n) is 1.56. The second-order valence-corrected chi connectivity index (χ2v) is 4.50. The predicted octanol–water partition coefficient (Wildman–Crippen LogP) is -0.253. The fourth-order valence-corrected chi connectivity index (χ4v) is 1.56. The van der Waals surface area contributed by atoms with Crippen molar-refractivity contribution in [1.29, 1.82) is 0 Å². The van der Waals surface area contributed by atoms with Gasteiger partial charge in [-0.15, -0.1) is 0 Å². The number of carboxylic acids is 1. The van der Waals surface area contributed by atoms with E-state index >= 15 is 0 Å². The smallest absolute Gasteiger partial charge is 0.407 e. The zero-order valence-corrected chi connectivity index (χ0v) is 11.2. The topological polar surface area (TPSA) is 113 Å². The lowest BCUT2D eigenvalue weighted by atomic mass is 10.1. The average Bonchev–Trinajstić information content (AvgIpc) is 2.66. The van der Waals surface area contributed by atoms with E-state index in [1.165, 1.54) is 0 Å². The van der Waals surface area contributed by atoms with Crippen molar-refractivity contribution < 1.29 is 29.0 Å². The summed E-state index contributed by atoms with van der Waals surface area (Å²) >= 11 is 0. The molecule has 1 unspecified atom stereocenters. The molecule has 0 radical (unpaired) electrons. The van der Waals surface area contributed by atoms with Crippen LogP contribution >= 0.6 is 0 Å². The minimum atomic E-state index is -1.16. The third-order valence-electron chi connectivity index (χ3n) is 2.65. The van der Waals surface area contributed by atoms with Gasteiger partial charge in [0.2, 0.25) is 0 Å². The number of rotatable bonds is 6. The number of nitrogens with one attached hydrogen (secondary N) is 1. The maximum atomic E-state index is 11.4. The minimum absolute atomic E-state index is 0.0719. The van der Waals surface area contributed by atoms with Crippen LogP contribution in [0, 0.1) is 5.92 Å². The van der Waals surface area contributed by atoms with Crippen LogP contribution in [0.15, 0.2) is 12.2 Å². The summed E-state index contributed by atoms with van der Waals surface area (Å²) in [6.07, 6.45) is 1.35. The Labute approximate surface area is 115 Å². The number of carboxylic acid groups (broad SMARTS) is 1. The number of aliphatic carboxylic acids is 1. The van der Waals surface area contributed by atoms with Crippen LogP contribution in [0.2, 0.25) is 0 Å². The van der Waals surface area contributed by atoms with E-state index in [0.717, 1.165) is 17.1 Å². The molecular weight excluding hydrogens is 268 g/mol. The summed E-state index contributed by atoms with van der Waals surface area (Å²) in [6, 6.07) is -1.06. The van der Waals surface area contributed by atoms with Crippen molar-refractivity contribution in [3.05, 3.63) is 12.2 Å². The average molecular weight is 284 g/mol. The molecule has 110 valence electrons. The second-order valence-electron chi connectivity index (χ2n) is 4.50. The van der Waals surface area contributed by atoms with Gasteiger partial charge in [-0.2, -0.15) is 0 Å². The molecule has 0 aliphatic carbocycles. The van der Waals surface area contributed by atoms with Gasteiger partial charge in [-0.3, -0.25) is 14.5 Å². The van der Waals surface area contributed by atoms with Crippen LogP contribution in [0.25, 0.3) is 0 Å². The maximum absolute atomic E-state index is 11.4. The fraction of sp³-hybridized carbons (Fsp3) is 0.500. The molecule has 0 fully saturated rings. The zero-order chi connectivity index (χ0) is 15.3. The first-order chi connectivity index (χ1) is 9.32. The Morgan fingerprint density at radius 1 is 1.30 bits per heavy atom. The first-order valence-electron chi connectivity index (χ1n) is 6.02. The van der Waals surface area contributed by atoms with Gasteiger partial charge in [0.15, 0.2) is 0 Å². The molecule has 0 aromatic carbocycles. The molecule has 0 saturated heterocycles. The Kier molecular flexibility index (Phi) is 5.24. The summed E-state index contributed by atoms with van der Waals surface area (Å²) in [5.74, 6) is -2.40. The summed E-state index contributed by atoms with van der Waals surface area (Å²) in [5, 5.41) is 11.1. The highest BCUT2D eigenvalue weighted by atomic mass is 16.5. The van der Waals surface area contributed by atoms with Gasteiger partial charge >= 0.3 is 12.1 Å². The summed E-state index contributed by atoms with van der Waals surface area (Å²) in [7, 11) is 0. The van der Waals surface area contributed by atoms with Crippen molar-refractivity contribution in [3.8, 4) is 0 Å². The van der Waals surface area contributed by atoms with E-state index < -0.39 is 29.9 Å². The molecule has 1 heterocycles. The van der Waals surface area contributed by atoms with E-state index in [9.17, 15) is 19.2 Å². The molecule has 1 rings (SSSR count). The number of ether oxygens (including phenoxy) is 1. The summed E-state index contributed by atoms with van der Waals surface area (Å²) in [6.45, 7) is 3.02. The molecule has 8 heteroatoms. The van der Waals surface area contributed by atoms with E-state index in [4.69, 9.17) is 9.84 Å². The lowest BCUT2D eigenvalue weighted by Gasteiger charge is -2.18. The van der Waals surface area contributed by atoms with Gasteiger partial charge in [0, 0.05) is 12.2 Å². The molecule has 0 bridgehead atoms. The summed E-state index contributed by atoms with van der Waals surface area (Å²) in [4.78, 5) is 45.6. The number of carbonyl (C=O) groups is 4. The molecule has 8 nitrogen and oxygen atoms in total.